The smallest absolute Gasteiger partial charge is 0.187 e. The first-order valence-corrected chi connectivity index (χ1v) is 15.8. The van der Waals surface area contributed by atoms with E-state index in [-0.39, 0.29) is 6.61 Å². The molecule has 0 radical (unpaired) electrons. The molecule has 0 spiro atoms. The maximum absolute atomic E-state index is 10.8. The van der Waals surface area contributed by atoms with Gasteiger partial charge in [-0.15, -0.1) is 0 Å². The van der Waals surface area contributed by atoms with Gasteiger partial charge < -0.3 is 79.5 Å². The maximum atomic E-state index is 10.8. The molecule has 16 nitrogen and oxygen atoms in total. The van der Waals surface area contributed by atoms with E-state index in [0.29, 0.717) is 6.42 Å². The van der Waals surface area contributed by atoms with Crippen LogP contribution in [0.5, 0.6) is 0 Å². The minimum absolute atomic E-state index is 0.247. The van der Waals surface area contributed by atoms with Gasteiger partial charge in [0, 0.05) is 6.61 Å². The summed E-state index contributed by atoms with van der Waals surface area (Å²) in [6.45, 7) is 0.185. The van der Waals surface area contributed by atoms with E-state index >= 15 is 0 Å². The zero-order valence-corrected chi connectivity index (χ0v) is 24.9. The molecule has 0 aromatic rings. The lowest BCUT2D eigenvalue weighted by atomic mass is 9.96. The Bertz CT molecular complexity index is 779. The Kier molecular flexibility index (Phi) is 15.7. The molecule has 43 heavy (non-hydrogen) atoms. The zero-order valence-electron chi connectivity index (χ0n) is 24.1. The predicted molar refractivity (Wildman–Crippen MR) is 146 cm³/mol. The third kappa shape index (κ3) is 9.39. The lowest BCUT2D eigenvalue weighted by Crippen LogP contribution is -2.66. The van der Waals surface area contributed by atoms with Crippen LogP contribution < -0.4 is 0 Å². The lowest BCUT2D eigenvalue weighted by Gasteiger charge is -2.48. The molecule has 17 heteroatoms. The number of aliphatic hydroxyl groups excluding tert-OH is 10. The monoisotopic (exact) mass is 648 g/mol. The molecule has 0 aliphatic carbocycles. The molecule has 0 saturated carbocycles. The summed E-state index contributed by atoms with van der Waals surface area (Å²) in [5.74, 6) is 2.06. The van der Waals surface area contributed by atoms with E-state index in [0.717, 1.165) is 30.8 Å². The second-order valence-corrected chi connectivity index (χ2v) is 12.1. The SMILES string of the molecule is CCCCSCCCCO[C@@H]1OC(CO)[C@@H](O[C@@H]2OC(CO)[C@H](O[C@@H]3OC(CO)[C@H](O)[C@H](O)C3O)[C@H](O)C2O)[C@H](O)C1O. The van der Waals surface area contributed by atoms with Gasteiger partial charge in [-0.05, 0) is 30.8 Å². The number of rotatable bonds is 16. The summed E-state index contributed by atoms with van der Waals surface area (Å²) in [6, 6.07) is 0. The number of hydrogen-bond donors (Lipinski definition) is 10. The van der Waals surface area contributed by atoms with Gasteiger partial charge in [0.25, 0.3) is 0 Å². The summed E-state index contributed by atoms with van der Waals surface area (Å²) < 4.78 is 33.2. The van der Waals surface area contributed by atoms with Crippen molar-refractivity contribution in [2.75, 3.05) is 37.9 Å². The van der Waals surface area contributed by atoms with Crippen molar-refractivity contribution in [1.29, 1.82) is 0 Å². The first-order chi connectivity index (χ1) is 20.6. The highest BCUT2D eigenvalue weighted by atomic mass is 32.2. The van der Waals surface area contributed by atoms with Crippen LogP contribution in [0, 0.1) is 0 Å². The van der Waals surface area contributed by atoms with Gasteiger partial charge in [0.1, 0.15) is 73.2 Å². The molecule has 254 valence electrons. The fourth-order valence-electron chi connectivity index (χ4n) is 5.04. The zero-order chi connectivity index (χ0) is 31.7. The van der Waals surface area contributed by atoms with Crippen LogP contribution in [0.3, 0.4) is 0 Å². The fraction of sp³-hybridized carbons (Fsp3) is 1.00. The van der Waals surface area contributed by atoms with Crippen LogP contribution in [-0.4, -0.2) is 181 Å². The Morgan fingerprint density at radius 1 is 0.535 bits per heavy atom. The highest BCUT2D eigenvalue weighted by molar-refractivity contribution is 7.99. The van der Waals surface area contributed by atoms with E-state index in [9.17, 15) is 51.1 Å². The molecule has 0 aromatic heterocycles. The third-order valence-corrected chi connectivity index (χ3v) is 8.83. The minimum atomic E-state index is -1.88. The van der Waals surface area contributed by atoms with E-state index in [2.05, 4.69) is 6.92 Å². The Balaban J connectivity index is 1.57. The standard InChI is InChI=1S/C26H48O16S/c1-2-3-7-43-8-5-4-6-37-24-20(35)17(32)22(13(10-28)39-24)42-26-21(36)18(33)23(14(11-29)40-26)41-25-19(34)16(31)15(30)12(9-27)38-25/h12-36H,2-11H2,1H3/t12?,13?,14?,15-,16-,17+,18+,19?,20?,21?,22+,23-,24+,25-,26-/m0/s1. The molecule has 6 unspecified atom stereocenters. The van der Waals surface area contributed by atoms with Crippen LogP contribution in [-0.2, 0) is 28.4 Å². The average Bonchev–Trinajstić information content (AvgIpc) is 3.01. The fourth-order valence-corrected chi connectivity index (χ4v) is 6.14. The van der Waals surface area contributed by atoms with Crippen LogP contribution >= 0.6 is 11.8 Å². The summed E-state index contributed by atoms with van der Waals surface area (Å²) in [7, 11) is 0. The highest BCUT2D eigenvalue weighted by Crippen LogP contribution is 2.32. The van der Waals surface area contributed by atoms with Gasteiger partial charge in [0.2, 0.25) is 0 Å². The Labute approximate surface area is 254 Å². The topological polar surface area (TPSA) is 258 Å². The molecule has 3 saturated heterocycles. The van der Waals surface area contributed by atoms with Crippen molar-refractivity contribution < 1.29 is 79.5 Å². The Morgan fingerprint density at radius 2 is 1.00 bits per heavy atom. The summed E-state index contributed by atoms with van der Waals surface area (Å²) in [6.07, 6.45) is -20.0. The van der Waals surface area contributed by atoms with Crippen molar-refractivity contribution in [1.82, 2.24) is 0 Å². The Morgan fingerprint density at radius 3 is 1.53 bits per heavy atom. The van der Waals surface area contributed by atoms with Crippen LogP contribution in [0.25, 0.3) is 0 Å². The van der Waals surface area contributed by atoms with Crippen LogP contribution in [0.1, 0.15) is 32.6 Å². The maximum Gasteiger partial charge on any atom is 0.187 e. The second-order valence-electron chi connectivity index (χ2n) is 10.9. The molecule has 3 aliphatic heterocycles. The van der Waals surface area contributed by atoms with E-state index < -0.39 is 112 Å². The molecular weight excluding hydrogens is 600 g/mol. The first-order valence-electron chi connectivity index (χ1n) is 14.6. The van der Waals surface area contributed by atoms with Crippen molar-refractivity contribution in [3.63, 3.8) is 0 Å². The van der Waals surface area contributed by atoms with Crippen LogP contribution in [0.2, 0.25) is 0 Å². The summed E-state index contributed by atoms with van der Waals surface area (Å²) >= 11 is 1.85. The van der Waals surface area contributed by atoms with E-state index in [1.54, 1.807) is 0 Å². The quantitative estimate of drug-likeness (QED) is 0.0711. The van der Waals surface area contributed by atoms with Gasteiger partial charge in [0.15, 0.2) is 18.9 Å². The number of thioether (sulfide) groups is 1. The van der Waals surface area contributed by atoms with Crippen LogP contribution in [0.15, 0.2) is 0 Å². The molecular formula is C26H48O16S. The number of ether oxygens (including phenoxy) is 6. The average molecular weight is 649 g/mol. The summed E-state index contributed by atoms with van der Waals surface area (Å²) in [5, 5.41) is 102. The predicted octanol–water partition coefficient (Wildman–Crippen LogP) is -4.24. The highest BCUT2D eigenvalue weighted by Gasteiger charge is 2.53. The molecule has 0 aromatic carbocycles. The molecule has 0 bridgehead atoms. The number of hydrogen-bond acceptors (Lipinski definition) is 17. The third-order valence-electron chi connectivity index (χ3n) is 7.68. The summed E-state index contributed by atoms with van der Waals surface area (Å²) in [5.41, 5.74) is 0. The summed E-state index contributed by atoms with van der Waals surface area (Å²) in [4.78, 5) is 0. The van der Waals surface area contributed by atoms with E-state index in [1.807, 2.05) is 11.8 Å². The van der Waals surface area contributed by atoms with Crippen molar-refractivity contribution in [2.24, 2.45) is 0 Å². The minimum Gasteiger partial charge on any atom is -0.394 e. The van der Waals surface area contributed by atoms with Crippen molar-refractivity contribution >= 4 is 11.8 Å². The van der Waals surface area contributed by atoms with Gasteiger partial charge in [-0.3, -0.25) is 0 Å². The molecule has 15 atom stereocenters. The van der Waals surface area contributed by atoms with E-state index in [4.69, 9.17) is 28.4 Å². The largest absolute Gasteiger partial charge is 0.394 e. The van der Waals surface area contributed by atoms with Gasteiger partial charge >= 0.3 is 0 Å². The van der Waals surface area contributed by atoms with Crippen LogP contribution in [0.4, 0.5) is 0 Å². The Hall–Kier alpha value is -0.290. The normalized spacial score (nSPS) is 44.0. The second kappa shape index (κ2) is 18.2. The first kappa shape index (κ1) is 37.2. The number of unbranched alkanes of at least 4 members (excludes halogenated alkanes) is 2. The van der Waals surface area contributed by atoms with Crippen molar-refractivity contribution in [3.05, 3.63) is 0 Å². The molecule has 3 fully saturated rings. The molecule has 0 amide bonds. The molecule has 3 aliphatic rings. The molecule has 3 heterocycles. The van der Waals surface area contributed by atoms with Gasteiger partial charge in [-0.2, -0.15) is 11.8 Å². The van der Waals surface area contributed by atoms with E-state index in [1.165, 1.54) is 0 Å². The van der Waals surface area contributed by atoms with Crippen molar-refractivity contribution in [2.45, 2.75) is 125 Å². The van der Waals surface area contributed by atoms with Gasteiger partial charge in [-0.1, -0.05) is 13.3 Å². The lowest BCUT2D eigenvalue weighted by molar-refractivity contribution is -0.379. The molecule has 3 rings (SSSR count). The van der Waals surface area contributed by atoms with Crippen molar-refractivity contribution in [3.8, 4) is 0 Å². The number of aliphatic hydroxyl groups is 10. The van der Waals surface area contributed by atoms with Gasteiger partial charge in [0.05, 0.1) is 19.8 Å². The molecule has 10 N–H and O–H groups in total. The van der Waals surface area contributed by atoms with Gasteiger partial charge in [-0.25, -0.2) is 0 Å².